The maximum absolute atomic E-state index is 12.9. The highest BCUT2D eigenvalue weighted by Gasteiger charge is 2.28. The minimum atomic E-state index is -0.817. The highest BCUT2D eigenvalue weighted by molar-refractivity contribution is 5.94. The van der Waals surface area contributed by atoms with Crippen molar-refractivity contribution in [2.45, 2.75) is 19.9 Å². The van der Waals surface area contributed by atoms with Crippen LogP contribution in [0.1, 0.15) is 19.9 Å². The number of para-hydroxylation sites is 2. The molecule has 0 spiro atoms. The minimum absolute atomic E-state index is 0.178. The first-order chi connectivity index (χ1) is 13.0. The van der Waals surface area contributed by atoms with Crippen molar-refractivity contribution in [2.75, 3.05) is 5.32 Å². The quantitative estimate of drug-likeness (QED) is 0.580. The largest absolute Gasteiger partial charge is 0.324 e. The zero-order valence-corrected chi connectivity index (χ0v) is 14.9. The molecular formula is C19H18N6O2. The maximum Gasteiger partial charge on any atom is 0.278 e. The second-order valence-corrected chi connectivity index (χ2v) is 6.64. The average Bonchev–Trinajstić information content (AvgIpc) is 3.06. The van der Waals surface area contributed by atoms with Gasteiger partial charge in [0.2, 0.25) is 5.95 Å². The van der Waals surface area contributed by atoms with Gasteiger partial charge in [-0.2, -0.15) is 4.68 Å². The number of hydrogen-bond donors (Lipinski definition) is 2. The molecule has 0 aliphatic carbocycles. The third kappa shape index (κ3) is 3.05. The van der Waals surface area contributed by atoms with Crippen molar-refractivity contribution < 1.29 is 4.79 Å². The first-order valence-electron chi connectivity index (χ1n) is 8.64. The summed E-state index contributed by atoms with van der Waals surface area (Å²) in [4.78, 5) is 33.1. The first-order valence-corrected chi connectivity index (χ1v) is 8.64. The number of aromatic amines is 1. The number of anilines is 1. The number of nitrogens with one attached hydrogen (secondary N) is 2. The molecule has 1 atom stereocenters. The Kier molecular flexibility index (Phi) is 4.15. The molecule has 8 nitrogen and oxygen atoms in total. The van der Waals surface area contributed by atoms with Gasteiger partial charge in [0.25, 0.3) is 11.5 Å². The highest BCUT2D eigenvalue weighted by Crippen LogP contribution is 2.19. The van der Waals surface area contributed by atoms with Gasteiger partial charge >= 0.3 is 0 Å². The van der Waals surface area contributed by atoms with Crippen LogP contribution in [-0.4, -0.2) is 30.9 Å². The Morgan fingerprint density at radius 3 is 2.52 bits per heavy atom. The number of rotatable bonds is 4. The second-order valence-electron chi connectivity index (χ2n) is 6.64. The topological polar surface area (TPSA) is 106 Å². The predicted molar refractivity (Wildman–Crippen MR) is 102 cm³/mol. The van der Waals surface area contributed by atoms with Crippen LogP contribution >= 0.6 is 0 Å². The molecule has 8 heteroatoms. The molecule has 0 bridgehead atoms. The lowest BCUT2D eigenvalue weighted by Crippen LogP contribution is -2.38. The Bertz CT molecular complexity index is 1160. The lowest BCUT2D eigenvalue weighted by atomic mass is 10.0. The molecule has 0 unspecified atom stereocenters. The third-order valence-electron chi connectivity index (χ3n) is 4.39. The molecule has 2 aromatic heterocycles. The summed E-state index contributed by atoms with van der Waals surface area (Å²) in [6.45, 7) is 3.71. The van der Waals surface area contributed by atoms with Crippen LogP contribution in [0.5, 0.6) is 0 Å². The Labute approximate surface area is 154 Å². The average molecular weight is 362 g/mol. The summed E-state index contributed by atoms with van der Waals surface area (Å²) in [5, 5.41) is 11.3. The lowest BCUT2D eigenvalue weighted by Gasteiger charge is -2.20. The van der Waals surface area contributed by atoms with Gasteiger partial charge in [-0.25, -0.2) is 4.98 Å². The van der Waals surface area contributed by atoms with E-state index in [0.717, 1.165) is 15.7 Å². The molecule has 2 N–H and O–H groups in total. The van der Waals surface area contributed by atoms with E-state index < -0.39 is 6.04 Å². The van der Waals surface area contributed by atoms with Crippen molar-refractivity contribution in [1.82, 2.24) is 25.0 Å². The van der Waals surface area contributed by atoms with E-state index in [1.165, 1.54) is 0 Å². The predicted octanol–water partition coefficient (Wildman–Crippen LogP) is 2.50. The number of carbonyl (C=O) groups excluding carboxylic acids is 1. The van der Waals surface area contributed by atoms with Crippen molar-refractivity contribution in [1.29, 1.82) is 0 Å². The van der Waals surface area contributed by atoms with Crippen LogP contribution in [0.25, 0.3) is 21.9 Å². The van der Waals surface area contributed by atoms with E-state index in [1.54, 1.807) is 24.3 Å². The summed E-state index contributed by atoms with van der Waals surface area (Å²) in [7, 11) is 0. The lowest BCUT2D eigenvalue weighted by molar-refractivity contribution is -0.120. The summed E-state index contributed by atoms with van der Waals surface area (Å²) >= 11 is 0. The fourth-order valence-electron chi connectivity index (χ4n) is 3.08. The summed E-state index contributed by atoms with van der Waals surface area (Å²) in [5.74, 6) is -0.230. The van der Waals surface area contributed by atoms with Gasteiger partial charge in [0.1, 0.15) is 11.6 Å². The first kappa shape index (κ1) is 16.9. The fraction of sp³-hybridized carbons (Fsp3) is 0.211. The molecule has 0 aliphatic heterocycles. The van der Waals surface area contributed by atoms with Gasteiger partial charge in [0, 0.05) is 0 Å². The van der Waals surface area contributed by atoms with E-state index >= 15 is 0 Å². The van der Waals surface area contributed by atoms with Crippen LogP contribution < -0.4 is 10.9 Å². The van der Waals surface area contributed by atoms with Crippen LogP contribution in [0.2, 0.25) is 0 Å². The van der Waals surface area contributed by atoms with Crippen molar-refractivity contribution in [2.24, 2.45) is 5.92 Å². The van der Waals surface area contributed by atoms with Gasteiger partial charge in [-0.05, 0) is 30.2 Å². The normalized spacial score (nSPS) is 12.6. The number of aromatic nitrogens is 5. The van der Waals surface area contributed by atoms with E-state index in [9.17, 15) is 9.59 Å². The number of H-pyrrole nitrogens is 1. The number of fused-ring (bicyclic) bond motifs is 2. The molecule has 0 radical (unpaired) electrons. The number of carbonyl (C=O) groups is 1. The fourth-order valence-corrected chi connectivity index (χ4v) is 3.08. The Balaban J connectivity index is 1.71. The Hall–Kier alpha value is -3.55. The second kappa shape index (κ2) is 6.64. The van der Waals surface area contributed by atoms with Crippen LogP contribution in [0.4, 0.5) is 5.95 Å². The zero-order valence-electron chi connectivity index (χ0n) is 14.9. The third-order valence-corrected chi connectivity index (χ3v) is 4.39. The van der Waals surface area contributed by atoms with E-state index in [4.69, 9.17) is 0 Å². The number of amides is 1. The van der Waals surface area contributed by atoms with E-state index in [1.807, 2.05) is 38.1 Å². The van der Waals surface area contributed by atoms with Crippen molar-refractivity contribution in [3.8, 4) is 0 Å². The summed E-state index contributed by atoms with van der Waals surface area (Å²) in [5.41, 5.74) is 1.71. The Morgan fingerprint density at radius 1 is 1.07 bits per heavy atom. The van der Waals surface area contributed by atoms with Gasteiger partial charge in [-0.3, -0.25) is 14.9 Å². The monoisotopic (exact) mass is 362 g/mol. The van der Waals surface area contributed by atoms with Crippen LogP contribution in [0, 0.1) is 5.92 Å². The highest BCUT2D eigenvalue weighted by atomic mass is 16.2. The molecular weight excluding hydrogens is 344 g/mol. The molecule has 1 amide bonds. The summed E-state index contributed by atoms with van der Waals surface area (Å²) in [6.07, 6.45) is 0. The molecule has 2 aromatic carbocycles. The number of nitrogens with zero attached hydrogens (tertiary/aromatic N) is 4. The van der Waals surface area contributed by atoms with E-state index in [0.29, 0.717) is 16.9 Å². The van der Waals surface area contributed by atoms with Crippen molar-refractivity contribution >= 4 is 33.8 Å². The molecule has 0 fully saturated rings. The van der Waals surface area contributed by atoms with Gasteiger partial charge in [-0.1, -0.05) is 43.3 Å². The number of benzene rings is 2. The van der Waals surface area contributed by atoms with Crippen molar-refractivity contribution in [3.05, 3.63) is 58.9 Å². The van der Waals surface area contributed by atoms with Gasteiger partial charge in [0.05, 0.1) is 16.4 Å². The van der Waals surface area contributed by atoms with Crippen LogP contribution in [0.15, 0.2) is 53.3 Å². The van der Waals surface area contributed by atoms with Gasteiger partial charge in [-0.15, -0.1) is 5.10 Å². The van der Waals surface area contributed by atoms with Crippen LogP contribution in [-0.2, 0) is 4.79 Å². The molecule has 0 aliphatic rings. The molecule has 136 valence electrons. The standard InChI is InChI=1S/C19H18N6O2/c1-11(2)16(25-18(27)12-7-3-4-8-13(12)23-24-25)17(26)22-19-20-14-9-5-6-10-15(14)21-19/h3-11,16H,1-2H3,(H2,20,21,22,26)/t16-/m0/s1. The van der Waals surface area contributed by atoms with Gasteiger partial charge < -0.3 is 4.98 Å². The van der Waals surface area contributed by atoms with Crippen molar-refractivity contribution in [3.63, 3.8) is 0 Å². The molecule has 4 rings (SSSR count). The Morgan fingerprint density at radius 2 is 1.78 bits per heavy atom. The molecule has 27 heavy (non-hydrogen) atoms. The zero-order chi connectivity index (χ0) is 19.0. The molecule has 0 saturated heterocycles. The summed E-state index contributed by atoms with van der Waals surface area (Å²) in [6, 6.07) is 13.6. The number of imidazole rings is 1. The molecule has 0 saturated carbocycles. The summed E-state index contributed by atoms with van der Waals surface area (Å²) < 4.78 is 1.14. The minimum Gasteiger partial charge on any atom is -0.324 e. The van der Waals surface area contributed by atoms with E-state index in [2.05, 4.69) is 25.6 Å². The smallest absolute Gasteiger partial charge is 0.278 e. The van der Waals surface area contributed by atoms with Crippen LogP contribution in [0.3, 0.4) is 0 Å². The van der Waals surface area contributed by atoms with E-state index in [-0.39, 0.29) is 17.4 Å². The SMILES string of the molecule is CC(C)[C@@H](C(=O)Nc1nc2ccccc2[nH]1)n1nnc2ccccc2c1=O. The maximum atomic E-state index is 12.9. The number of hydrogen-bond acceptors (Lipinski definition) is 5. The molecule has 2 heterocycles. The molecule has 4 aromatic rings. The van der Waals surface area contributed by atoms with Gasteiger partial charge in [0.15, 0.2) is 0 Å².